The molecule has 0 aliphatic heterocycles. The summed E-state index contributed by atoms with van der Waals surface area (Å²) in [6.07, 6.45) is 0.862. The number of aliphatic carboxylic acids is 2. The Morgan fingerprint density at radius 2 is 0.907 bits per heavy atom. The highest BCUT2D eigenvalue weighted by atomic mass is 16.4. The number of carbonyl (C=O) groups excluding carboxylic acids is 9. The Kier molecular flexibility index (Phi) is 26.0. The molecule has 0 aliphatic rings. The molecule has 2 rings (SSSR count). The summed E-state index contributed by atoms with van der Waals surface area (Å²) in [6, 6.07) is -13.4. The molecule has 0 fully saturated rings. The number of imidazole rings is 2. The van der Waals surface area contributed by atoms with Gasteiger partial charge < -0.3 is 84.0 Å². The van der Waals surface area contributed by atoms with E-state index < -0.39 is 151 Å². The number of hydrogen-bond donors (Lipinski definition) is 16. The van der Waals surface area contributed by atoms with E-state index in [-0.39, 0.29) is 37.5 Å². The van der Waals surface area contributed by atoms with Crippen molar-refractivity contribution in [2.75, 3.05) is 6.54 Å². The maximum Gasteiger partial charge on any atom is 0.326 e. The van der Waals surface area contributed by atoms with Gasteiger partial charge in [-0.15, -0.1) is 0 Å². The molecule has 0 radical (unpaired) electrons. The number of hydrogen-bond acceptors (Lipinski definition) is 16. The Labute approximate surface area is 432 Å². The molecule has 0 bridgehead atoms. The summed E-state index contributed by atoms with van der Waals surface area (Å²) in [4.78, 5) is 158. The third-order valence-electron chi connectivity index (χ3n) is 11.1. The zero-order valence-corrected chi connectivity index (χ0v) is 43.4. The second kappa shape index (κ2) is 30.6. The predicted octanol–water partition coefficient (Wildman–Crippen LogP) is -4.67. The largest absolute Gasteiger partial charge is 0.481 e. The number of carboxylic acid groups (broad SMARTS) is 2. The molecular formula is C46H74N14O15. The first-order valence-corrected chi connectivity index (χ1v) is 24.2. The summed E-state index contributed by atoms with van der Waals surface area (Å²) in [6.45, 7) is 12.9. The molecular weight excluding hydrogens is 989 g/mol. The second-order valence-corrected chi connectivity index (χ2v) is 19.3. The van der Waals surface area contributed by atoms with Crippen LogP contribution in [0.15, 0.2) is 25.0 Å². The van der Waals surface area contributed by atoms with Crippen LogP contribution in [0.5, 0.6) is 0 Å². The van der Waals surface area contributed by atoms with Crippen molar-refractivity contribution < 1.29 is 73.2 Å². The Morgan fingerprint density at radius 3 is 1.32 bits per heavy atom. The fourth-order valence-corrected chi connectivity index (χ4v) is 7.15. The molecule has 2 aromatic rings. The van der Waals surface area contributed by atoms with Crippen molar-refractivity contribution in [3.8, 4) is 0 Å². The summed E-state index contributed by atoms with van der Waals surface area (Å²) in [5, 5.41) is 61.7. The molecule has 17 N–H and O–H groups in total. The molecule has 29 nitrogen and oxygen atoms in total. The molecule has 0 aromatic carbocycles. The number of rotatable bonds is 32. The highest BCUT2D eigenvalue weighted by Gasteiger charge is 2.37. The molecule has 0 aliphatic carbocycles. The van der Waals surface area contributed by atoms with Crippen LogP contribution in [0.25, 0.3) is 0 Å². The molecule has 0 spiro atoms. The topological polar surface area (TPSA) is 460 Å². The van der Waals surface area contributed by atoms with E-state index in [1.54, 1.807) is 27.7 Å². The van der Waals surface area contributed by atoms with Crippen molar-refractivity contribution in [3.05, 3.63) is 36.4 Å². The summed E-state index contributed by atoms with van der Waals surface area (Å²) >= 11 is 0. The van der Waals surface area contributed by atoms with E-state index in [4.69, 9.17) is 5.73 Å². The summed E-state index contributed by atoms with van der Waals surface area (Å²) < 4.78 is 0. The number of aromatic amines is 2. The molecule has 0 saturated heterocycles. The number of carbonyl (C=O) groups is 11. The molecule has 0 unspecified atom stereocenters. The number of aliphatic hydroxyl groups excluding tert-OH is 2. The number of nitrogens with zero attached hydrogens (tertiary/aromatic N) is 2. The zero-order chi connectivity index (χ0) is 56.9. The number of aliphatic hydroxyl groups is 2. The molecule has 2 heterocycles. The molecule has 75 heavy (non-hydrogen) atoms. The number of H-pyrrole nitrogens is 2. The second-order valence-electron chi connectivity index (χ2n) is 19.3. The van der Waals surface area contributed by atoms with Crippen molar-refractivity contribution in [2.24, 2.45) is 23.5 Å². The lowest BCUT2D eigenvalue weighted by atomic mass is 9.99. The first-order valence-electron chi connectivity index (χ1n) is 24.2. The van der Waals surface area contributed by atoms with Crippen LogP contribution in [0.4, 0.5) is 0 Å². The summed E-state index contributed by atoms with van der Waals surface area (Å²) in [5.41, 5.74) is 6.18. The van der Waals surface area contributed by atoms with Gasteiger partial charge in [-0.1, -0.05) is 41.5 Å². The molecule has 0 saturated carbocycles. The van der Waals surface area contributed by atoms with Crippen molar-refractivity contribution in [3.63, 3.8) is 0 Å². The first-order chi connectivity index (χ1) is 35.0. The van der Waals surface area contributed by atoms with E-state index in [0.29, 0.717) is 11.4 Å². The van der Waals surface area contributed by atoms with Crippen molar-refractivity contribution in [1.82, 2.24) is 67.8 Å². The van der Waals surface area contributed by atoms with Crippen LogP contribution in [0.2, 0.25) is 0 Å². The Hall–Kier alpha value is -7.53. The van der Waals surface area contributed by atoms with Crippen molar-refractivity contribution in [2.45, 2.75) is 161 Å². The normalized spacial score (nSPS) is 15.7. The van der Waals surface area contributed by atoms with E-state index in [0.717, 1.165) is 6.92 Å². The zero-order valence-electron chi connectivity index (χ0n) is 43.4. The van der Waals surface area contributed by atoms with Gasteiger partial charge in [-0.25, -0.2) is 14.8 Å². The van der Waals surface area contributed by atoms with Crippen LogP contribution < -0.4 is 53.6 Å². The monoisotopic (exact) mass is 1060 g/mol. The van der Waals surface area contributed by atoms with E-state index in [2.05, 4.69) is 67.8 Å². The van der Waals surface area contributed by atoms with E-state index in [1.165, 1.54) is 52.7 Å². The van der Waals surface area contributed by atoms with Crippen LogP contribution >= 0.6 is 0 Å². The van der Waals surface area contributed by atoms with E-state index in [9.17, 15) is 73.2 Å². The van der Waals surface area contributed by atoms with Gasteiger partial charge in [0.25, 0.3) is 0 Å². The van der Waals surface area contributed by atoms with Gasteiger partial charge in [-0.2, -0.15) is 0 Å². The number of amides is 9. The number of nitrogens with two attached hydrogens (primary N) is 1. The molecule has 418 valence electrons. The highest BCUT2D eigenvalue weighted by Crippen LogP contribution is 2.12. The van der Waals surface area contributed by atoms with Gasteiger partial charge in [-0.05, 0) is 51.4 Å². The molecule has 9 amide bonds. The molecule has 29 heteroatoms. The smallest absolute Gasteiger partial charge is 0.326 e. The summed E-state index contributed by atoms with van der Waals surface area (Å²) in [7, 11) is 0. The average Bonchev–Trinajstić information content (AvgIpc) is 4.03. The predicted molar refractivity (Wildman–Crippen MR) is 264 cm³/mol. The van der Waals surface area contributed by atoms with Crippen LogP contribution in [-0.4, -0.2) is 179 Å². The van der Waals surface area contributed by atoms with Crippen LogP contribution in [0.3, 0.4) is 0 Å². The third-order valence-corrected chi connectivity index (χ3v) is 11.1. The van der Waals surface area contributed by atoms with Gasteiger partial charge in [0.05, 0.1) is 55.3 Å². The first kappa shape index (κ1) is 63.6. The lowest BCUT2D eigenvalue weighted by Gasteiger charge is -2.29. The van der Waals surface area contributed by atoms with Gasteiger partial charge >= 0.3 is 11.9 Å². The van der Waals surface area contributed by atoms with Crippen molar-refractivity contribution in [1.29, 1.82) is 0 Å². The van der Waals surface area contributed by atoms with Crippen LogP contribution in [0, 0.1) is 17.8 Å². The minimum Gasteiger partial charge on any atom is -0.481 e. The lowest BCUT2D eigenvalue weighted by Crippen LogP contribution is -2.62. The number of nitrogens with one attached hydrogen (secondary N) is 11. The standard InChI is InChI=1S/C46H74N14O15/c1-20(2)10-28(55-41(69)30(12-26-15-48-18-51-26)53-33(63)17-50-43(71)36(24(8)61)59-38(66)23(7)47)39(67)54-29(11-21(3)4)40(68)56-31(14-34(64)65)42(70)60-37(25(9)62)45(73)58-35(22(5)6)44(72)57-32(46(74)75)13-27-16-49-19-52-27/h15-16,18-25,28-32,35-37,61-62H,10-14,17,47H2,1-9H3,(H,48,51)(H,49,52)(H,50,71)(H,53,63)(H,54,67)(H,55,69)(H,56,68)(H,57,72)(H,58,73)(H,59,66)(H,60,70)(H,64,65)(H,74,75)/t23-,24+,25+,28-,29-,30-,31-,32-,35-,36-,37-/m0/s1. The Bertz CT molecular complexity index is 2250. The molecule has 11 atom stereocenters. The van der Waals surface area contributed by atoms with Crippen LogP contribution in [-0.2, 0) is 65.6 Å². The number of carboxylic acids is 2. The molecule has 2 aromatic heterocycles. The van der Waals surface area contributed by atoms with Gasteiger partial charge in [0.1, 0.15) is 48.3 Å². The lowest BCUT2D eigenvalue weighted by molar-refractivity contribution is -0.143. The third kappa shape index (κ3) is 22.2. The highest BCUT2D eigenvalue weighted by molar-refractivity contribution is 5.99. The fourth-order valence-electron chi connectivity index (χ4n) is 7.15. The van der Waals surface area contributed by atoms with E-state index >= 15 is 0 Å². The number of aromatic nitrogens is 4. The fraction of sp³-hybridized carbons (Fsp3) is 0.630. The van der Waals surface area contributed by atoms with Gasteiger partial charge in [0.2, 0.25) is 53.2 Å². The van der Waals surface area contributed by atoms with Crippen LogP contribution in [0.1, 0.15) is 93.0 Å². The maximum atomic E-state index is 14.1. The SMILES string of the molecule is CC(C)C[C@H](NC(=O)[C@H](Cc1c[nH]cn1)NC(=O)CNC(=O)[C@@H](NC(=O)[C@H](C)N)[C@@H](C)O)C(=O)N[C@@H](CC(C)C)C(=O)N[C@@H](CC(=O)O)C(=O)N[C@H](C(=O)N[C@H](C(=O)N[C@@H](Cc1c[nH]cn1)C(=O)O)C(C)C)[C@@H](C)O. The summed E-state index contributed by atoms with van der Waals surface area (Å²) in [5.74, 6) is -12.9. The van der Waals surface area contributed by atoms with E-state index in [1.807, 2.05) is 0 Å². The minimum atomic E-state index is -1.92. The average molecular weight is 1060 g/mol. The Morgan fingerprint density at radius 1 is 0.507 bits per heavy atom. The minimum absolute atomic E-state index is 0.0159. The van der Waals surface area contributed by atoms with Gasteiger partial charge in [0, 0.05) is 25.2 Å². The van der Waals surface area contributed by atoms with Gasteiger partial charge in [-0.3, -0.25) is 47.9 Å². The van der Waals surface area contributed by atoms with Gasteiger partial charge in [0.15, 0.2) is 0 Å². The Balaban J connectivity index is 2.32. The quantitative estimate of drug-likeness (QED) is 0.0327. The maximum absolute atomic E-state index is 14.1. The van der Waals surface area contributed by atoms with Crippen molar-refractivity contribution >= 4 is 65.1 Å².